The fraction of sp³-hybridized carbons (Fsp3) is 0.500. The van der Waals surface area contributed by atoms with Gasteiger partial charge < -0.3 is 15.2 Å². The second-order valence-electron chi connectivity index (χ2n) is 5.15. The maximum Gasteiger partial charge on any atom is 0.319 e. The highest BCUT2D eigenvalue weighted by Gasteiger charge is 2.25. The molecule has 0 saturated carbocycles. The van der Waals surface area contributed by atoms with Crippen LogP contribution in [0.3, 0.4) is 0 Å². The summed E-state index contributed by atoms with van der Waals surface area (Å²) in [4.78, 5) is 11.1. The average molecular weight is 320 g/mol. The lowest BCUT2D eigenvalue weighted by Gasteiger charge is -2.29. The molecule has 0 heterocycles. The molecule has 0 aliphatic rings. The summed E-state index contributed by atoms with van der Waals surface area (Å²) < 4.78 is 11.0. The number of halogens is 2. The molecule has 0 bridgehead atoms. The zero-order chi connectivity index (χ0) is 15.3. The Morgan fingerprint density at radius 1 is 1.40 bits per heavy atom. The van der Waals surface area contributed by atoms with Gasteiger partial charge in [-0.2, -0.15) is 0 Å². The van der Waals surface area contributed by atoms with E-state index in [-0.39, 0.29) is 12.6 Å². The first kappa shape index (κ1) is 17.1. The molecular weight excluding hydrogens is 301 g/mol. The highest BCUT2D eigenvalue weighted by atomic mass is 35.5. The van der Waals surface area contributed by atoms with Gasteiger partial charge >= 0.3 is 5.97 Å². The molecule has 1 rings (SSSR count). The van der Waals surface area contributed by atoms with Gasteiger partial charge in [-0.15, -0.1) is 0 Å². The Morgan fingerprint density at radius 2 is 2.05 bits per heavy atom. The lowest BCUT2D eigenvalue weighted by Crippen LogP contribution is -2.35. The molecule has 1 unspecified atom stereocenters. The largest absolute Gasteiger partial charge is 0.486 e. The third kappa shape index (κ3) is 5.57. The maximum atomic E-state index is 11.1. The molecule has 0 spiro atoms. The summed E-state index contributed by atoms with van der Waals surface area (Å²) in [5.41, 5.74) is 4.66. The smallest absolute Gasteiger partial charge is 0.319 e. The SMILES string of the molecule is CC(CC(C)(C)Oc1ccc(Cl)cc1Cl)OC(=O)CN. The molecule has 2 N–H and O–H groups in total. The summed E-state index contributed by atoms with van der Waals surface area (Å²) in [5, 5.41) is 0.989. The fourth-order valence-corrected chi connectivity index (χ4v) is 2.35. The van der Waals surface area contributed by atoms with E-state index in [0.717, 1.165) is 0 Å². The molecule has 0 aliphatic carbocycles. The highest BCUT2D eigenvalue weighted by Crippen LogP contribution is 2.31. The van der Waals surface area contributed by atoms with Crippen molar-refractivity contribution in [1.82, 2.24) is 0 Å². The molecule has 6 heteroatoms. The standard InChI is InChI=1S/C14H19Cl2NO3/c1-9(19-13(18)8-17)7-14(2,3)20-12-5-4-10(15)6-11(12)16/h4-6,9H,7-8,17H2,1-3H3. The van der Waals surface area contributed by atoms with E-state index in [1.165, 1.54) is 0 Å². The Bertz CT molecular complexity index is 477. The molecule has 0 fully saturated rings. The maximum absolute atomic E-state index is 11.1. The van der Waals surface area contributed by atoms with E-state index in [2.05, 4.69) is 0 Å². The van der Waals surface area contributed by atoms with Crippen molar-refractivity contribution in [2.45, 2.75) is 38.9 Å². The number of ether oxygens (including phenoxy) is 2. The first-order valence-electron chi connectivity index (χ1n) is 6.27. The molecule has 0 amide bonds. The van der Waals surface area contributed by atoms with Crippen LogP contribution in [0.1, 0.15) is 27.2 Å². The minimum absolute atomic E-state index is 0.130. The van der Waals surface area contributed by atoms with E-state index in [1.54, 1.807) is 25.1 Å². The van der Waals surface area contributed by atoms with Gasteiger partial charge in [-0.1, -0.05) is 23.2 Å². The number of benzene rings is 1. The van der Waals surface area contributed by atoms with Gasteiger partial charge in [0.2, 0.25) is 0 Å². The van der Waals surface area contributed by atoms with Gasteiger partial charge in [0.1, 0.15) is 17.5 Å². The van der Waals surface area contributed by atoms with Gasteiger partial charge in [0.15, 0.2) is 0 Å². The van der Waals surface area contributed by atoms with Crippen LogP contribution in [0.5, 0.6) is 5.75 Å². The highest BCUT2D eigenvalue weighted by molar-refractivity contribution is 6.35. The van der Waals surface area contributed by atoms with E-state index in [0.29, 0.717) is 22.2 Å². The Kier molecular flexibility index (Phi) is 6.11. The average Bonchev–Trinajstić information content (AvgIpc) is 2.31. The monoisotopic (exact) mass is 319 g/mol. The third-order valence-corrected chi connectivity index (χ3v) is 3.09. The van der Waals surface area contributed by atoms with Crippen molar-refractivity contribution in [1.29, 1.82) is 0 Å². The van der Waals surface area contributed by atoms with Gasteiger partial charge in [0, 0.05) is 11.4 Å². The van der Waals surface area contributed by atoms with Crippen molar-refractivity contribution in [2.75, 3.05) is 6.54 Å². The Labute approximate surface area is 129 Å². The lowest BCUT2D eigenvalue weighted by atomic mass is 10.0. The minimum Gasteiger partial charge on any atom is -0.486 e. The zero-order valence-electron chi connectivity index (χ0n) is 11.8. The molecule has 0 radical (unpaired) electrons. The van der Waals surface area contributed by atoms with Crippen LogP contribution in [0.2, 0.25) is 10.0 Å². The topological polar surface area (TPSA) is 61.5 Å². The quantitative estimate of drug-likeness (QED) is 0.816. The Morgan fingerprint density at radius 3 is 2.60 bits per heavy atom. The summed E-state index contributed by atoms with van der Waals surface area (Å²) in [5.74, 6) is 0.108. The number of hydrogen-bond acceptors (Lipinski definition) is 4. The minimum atomic E-state index is -0.550. The van der Waals surface area contributed by atoms with Crippen molar-refractivity contribution < 1.29 is 14.3 Å². The molecular formula is C14H19Cl2NO3. The first-order chi connectivity index (χ1) is 9.23. The van der Waals surface area contributed by atoms with Crippen LogP contribution in [0.15, 0.2) is 18.2 Å². The third-order valence-electron chi connectivity index (χ3n) is 2.56. The summed E-state index contributed by atoms with van der Waals surface area (Å²) in [6, 6.07) is 5.03. The van der Waals surface area contributed by atoms with Crippen LogP contribution in [0, 0.1) is 0 Å². The molecule has 0 saturated heterocycles. The second-order valence-corrected chi connectivity index (χ2v) is 5.99. The normalized spacial score (nSPS) is 12.9. The van der Waals surface area contributed by atoms with Crippen LogP contribution in [-0.2, 0) is 9.53 Å². The number of rotatable bonds is 6. The van der Waals surface area contributed by atoms with Crippen LogP contribution in [-0.4, -0.2) is 24.2 Å². The Hall–Kier alpha value is -0.970. The number of carbonyl (C=O) groups excluding carboxylic acids is 1. The van der Waals surface area contributed by atoms with Crippen LogP contribution in [0.25, 0.3) is 0 Å². The molecule has 1 aromatic carbocycles. The molecule has 0 aliphatic heterocycles. The first-order valence-corrected chi connectivity index (χ1v) is 7.03. The van der Waals surface area contributed by atoms with E-state index in [1.807, 2.05) is 13.8 Å². The van der Waals surface area contributed by atoms with Crippen molar-refractivity contribution in [2.24, 2.45) is 5.73 Å². The summed E-state index contributed by atoms with van der Waals surface area (Å²) in [6.45, 7) is 5.45. The van der Waals surface area contributed by atoms with E-state index >= 15 is 0 Å². The van der Waals surface area contributed by atoms with Crippen LogP contribution >= 0.6 is 23.2 Å². The summed E-state index contributed by atoms with van der Waals surface area (Å²) >= 11 is 11.9. The van der Waals surface area contributed by atoms with Crippen LogP contribution < -0.4 is 10.5 Å². The molecule has 20 heavy (non-hydrogen) atoms. The van der Waals surface area contributed by atoms with E-state index in [9.17, 15) is 4.79 Å². The van der Waals surface area contributed by atoms with Crippen molar-refractivity contribution in [3.63, 3.8) is 0 Å². The lowest BCUT2D eigenvalue weighted by molar-refractivity contribution is -0.148. The number of nitrogens with two attached hydrogens (primary N) is 1. The Balaban J connectivity index is 2.66. The van der Waals surface area contributed by atoms with Gasteiger partial charge in [-0.05, 0) is 39.0 Å². The van der Waals surface area contributed by atoms with Gasteiger partial charge in [-0.3, -0.25) is 4.79 Å². The van der Waals surface area contributed by atoms with Gasteiger partial charge in [0.25, 0.3) is 0 Å². The number of carbonyl (C=O) groups is 1. The molecule has 1 atom stereocenters. The van der Waals surface area contributed by atoms with Gasteiger partial charge in [0.05, 0.1) is 11.6 Å². The van der Waals surface area contributed by atoms with E-state index in [4.69, 9.17) is 38.4 Å². The summed E-state index contributed by atoms with van der Waals surface area (Å²) in [6.07, 6.45) is 0.213. The number of esters is 1. The molecule has 112 valence electrons. The van der Waals surface area contributed by atoms with Crippen LogP contribution in [0.4, 0.5) is 0 Å². The predicted molar refractivity (Wildman–Crippen MR) is 80.4 cm³/mol. The van der Waals surface area contributed by atoms with Crippen molar-refractivity contribution in [3.8, 4) is 5.75 Å². The van der Waals surface area contributed by atoms with Crippen molar-refractivity contribution >= 4 is 29.2 Å². The molecule has 1 aromatic rings. The zero-order valence-corrected chi connectivity index (χ0v) is 13.3. The molecule has 0 aromatic heterocycles. The van der Waals surface area contributed by atoms with Crippen molar-refractivity contribution in [3.05, 3.63) is 28.2 Å². The fourth-order valence-electron chi connectivity index (χ4n) is 1.90. The molecule has 4 nitrogen and oxygen atoms in total. The van der Waals surface area contributed by atoms with E-state index < -0.39 is 11.6 Å². The second kappa shape index (κ2) is 7.16. The number of hydrogen-bond donors (Lipinski definition) is 1. The summed E-state index contributed by atoms with van der Waals surface area (Å²) in [7, 11) is 0. The van der Waals surface area contributed by atoms with Gasteiger partial charge in [-0.25, -0.2) is 0 Å². The predicted octanol–water partition coefficient (Wildman–Crippen LogP) is 3.43.